The van der Waals surface area contributed by atoms with Crippen LogP contribution >= 0.6 is 0 Å². The maximum Gasteiger partial charge on any atom is 0.343 e. The zero-order valence-electron chi connectivity index (χ0n) is 25.4. The molecule has 6 nitrogen and oxygen atoms in total. The van der Waals surface area contributed by atoms with Crippen LogP contribution in [0.3, 0.4) is 0 Å². The van der Waals surface area contributed by atoms with Gasteiger partial charge in [-0.1, -0.05) is 58.4 Å². The van der Waals surface area contributed by atoms with E-state index in [2.05, 4.69) is 33.8 Å². The number of hydrogen-bond donors (Lipinski definition) is 0. The molecule has 5 rings (SSSR count). The molecule has 0 amide bonds. The molecule has 6 heteroatoms. The van der Waals surface area contributed by atoms with Gasteiger partial charge in [0.15, 0.2) is 0 Å². The quantitative estimate of drug-likeness (QED) is 0.104. The number of fused-ring (bicyclic) bond motifs is 6. The van der Waals surface area contributed by atoms with Crippen molar-refractivity contribution in [2.45, 2.75) is 66.2 Å². The Morgan fingerprint density at radius 2 is 1.02 bits per heavy atom. The summed E-state index contributed by atoms with van der Waals surface area (Å²) in [6.07, 6.45) is 2.11. The molecule has 0 aliphatic heterocycles. The van der Waals surface area contributed by atoms with Gasteiger partial charge in [-0.15, -0.1) is 0 Å². The highest BCUT2D eigenvalue weighted by molar-refractivity contribution is 6.26. The van der Waals surface area contributed by atoms with Crippen molar-refractivity contribution in [3.63, 3.8) is 0 Å². The van der Waals surface area contributed by atoms with Crippen molar-refractivity contribution < 1.29 is 28.6 Å². The third-order valence-electron chi connectivity index (χ3n) is 7.75. The molecule has 220 valence electrons. The average Bonchev–Trinajstić information content (AvgIpc) is 2.96. The van der Waals surface area contributed by atoms with E-state index in [-0.39, 0.29) is 5.92 Å². The number of carbonyl (C=O) groups excluding carboxylic acids is 3. The Labute approximate surface area is 251 Å². The van der Waals surface area contributed by atoms with Crippen LogP contribution in [0.25, 0.3) is 32.3 Å². The first kappa shape index (κ1) is 29.8. The molecule has 43 heavy (non-hydrogen) atoms. The van der Waals surface area contributed by atoms with Crippen molar-refractivity contribution in [2.24, 2.45) is 0 Å². The molecule has 0 saturated carbocycles. The molecule has 0 fully saturated rings. The highest BCUT2D eigenvalue weighted by Gasteiger charge is 2.17. The smallest absolute Gasteiger partial charge is 0.343 e. The van der Waals surface area contributed by atoms with E-state index in [1.165, 1.54) is 13.8 Å². The number of ether oxygens (including phenoxy) is 3. The third kappa shape index (κ3) is 6.38. The second kappa shape index (κ2) is 12.3. The molecule has 0 aromatic heterocycles. The van der Waals surface area contributed by atoms with Gasteiger partial charge in [0.1, 0.15) is 17.2 Å². The molecule has 0 saturated heterocycles. The summed E-state index contributed by atoms with van der Waals surface area (Å²) in [6.45, 7) is 11.3. The van der Waals surface area contributed by atoms with Gasteiger partial charge < -0.3 is 14.2 Å². The normalized spacial score (nSPS) is 12.1. The lowest BCUT2D eigenvalue weighted by molar-refractivity contribution is -0.132. The average molecular weight is 577 g/mol. The van der Waals surface area contributed by atoms with Crippen LogP contribution in [0, 0.1) is 0 Å². The molecule has 0 N–H and O–H groups in total. The van der Waals surface area contributed by atoms with Crippen molar-refractivity contribution >= 4 is 50.2 Å². The van der Waals surface area contributed by atoms with Gasteiger partial charge in [-0.2, -0.15) is 0 Å². The van der Waals surface area contributed by atoms with Gasteiger partial charge in [-0.25, -0.2) is 4.79 Å². The molecule has 5 aromatic carbocycles. The standard InChI is InChI=1S/C37H36O6/c1-7-8-22(4)26-15-25(21(2)3)16-27(17-26)37(40)43-30-11-14-33-35-19-28(41-23(5)38)9-12-31(35)34-18-29(42-24(6)39)10-13-32(34)36(33)20-30/h9-22H,7-8H2,1-6H3. The van der Waals surface area contributed by atoms with E-state index in [1.54, 1.807) is 18.2 Å². The van der Waals surface area contributed by atoms with Crippen molar-refractivity contribution in [3.05, 3.63) is 89.5 Å². The zero-order chi connectivity index (χ0) is 30.8. The first-order chi connectivity index (χ1) is 20.5. The Morgan fingerprint density at radius 3 is 1.44 bits per heavy atom. The molecule has 0 bridgehead atoms. The molecular weight excluding hydrogens is 540 g/mol. The fourth-order valence-electron chi connectivity index (χ4n) is 5.64. The SMILES string of the molecule is CCCC(C)c1cc(C(=O)Oc2ccc3c4cc(OC(C)=O)ccc4c4cc(OC(C)=O)ccc4c3c2)cc(C(C)C)c1. The first-order valence-electron chi connectivity index (χ1n) is 14.7. The van der Waals surface area contributed by atoms with Crippen LogP contribution in [0.2, 0.25) is 0 Å². The Morgan fingerprint density at radius 1 is 0.581 bits per heavy atom. The maximum absolute atomic E-state index is 13.5. The zero-order valence-corrected chi connectivity index (χ0v) is 25.4. The predicted molar refractivity (Wildman–Crippen MR) is 170 cm³/mol. The molecule has 0 radical (unpaired) electrons. The van der Waals surface area contributed by atoms with E-state index < -0.39 is 17.9 Å². The highest BCUT2D eigenvalue weighted by atomic mass is 16.5. The Hall–Kier alpha value is -4.71. The van der Waals surface area contributed by atoms with Gasteiger partial charge >= 0.3 is 17.9 Å². The summed E-state index contributed by atoms with van der Waals surface area (Å²) >= 11 is 0. The highest BCUT2D eigenvalue weighted by Crippen LogP contribution is 2.40. The lowest BCUT2D eigenvalue weighted by Gasteiger charge is -2.17. The fraction of sp³-hybridized carbons (Fsp3) is 0.270. The van der Waals surface area contributed by atoms with Crippen molar-refractivity contribution in [3.8, 4) is 17.2 Å². The van der Waals surface area contributed by atoms with Crippen molar-refractivity contribution in [1.29, 1.82) is 0 Å². The van der Waals surface area contributed by atoms with Crippen LogP contribution < -0.4 is 14.2 Å². The van der Waals surface area contributed by atoms with E-state index >= 15 is 0 Å². The van der Waals surface area contributed by atoms with E-state index in [0.717, 1.165) is 56.3 Å². The summed E-state index contributed by atoms with van der Waals surface area (Å²) in [5.41, 5.74) is 2.78. The van der Waals surface area contributed by atoms with Gasteiger partial charge in [0.2, 0.25) is 0 Å². The van der Waals surface area contributed by atoms with Gasteiger partial charge in [-0.3, -0.25) is 9.59 Å². The number of hydrogen-bond acceptors (Lipinski definition) is 6. The maximum atomic E-state index is 13.5. The van der Waals surface area contributed by atoms with Crippen LogP contribution in [0.15, 0.2) is 72.8 Å². The summed E-state index contributed by atoms with van der Waals surface area (Å²) in [5, 5.41) is 5.23. The van der Waals surface area contributed by atoms with Gasteiger partial charge in [0.25, 0.3) is 0 Å². The lowest BCUT2D eigenvalue weighted by Crippen LogP contribution is -2.11. The third-order valence-corrected chi connectivity index (χ3v) is 7.75. The summed E-state index contributed by atoms with van der Waals surface area (Å²) in [6, 6.07) is 22.5. The second-order valence-electron chi connectivity index (χ2n) is 11.4. The summed E-state index contributed by atoms with van der Waals surface area (Å²) in [7, 11) is 0. The van der Waals surface area contributed by atoms with Crippen molar-refractivity contribution in [2.75, 3.05) is 0 Å². The summed E-state index contributed by atoms with van der Waals surface area (Å²) < 4.78 is 16.7. The minimum Gasteiger partial charge on any atom is -0.427 e. The lowest BCUT2D eigenvalue weighted by atomic mass is 9.90. The van der Waals surface area contributed by atoms with Crippen LogP contribution in [0.4, 0.5) is 0 Å². The van der Waals surface area contributed by atoms with Gasteiger partial charge in [0, 0.05) is 13.8 Å². The predicted octanol–water partition coefficient (Wildman–Crippen LogP) is 9.24. The molecule has 0 aliphatic rings. The molecule has 0 heterocycles. The Kier molecular flexibility index (Phi) is 8.49. The monoisotopic (exact) mass is 576 g/mol. The minimum atomic E-state index is -0.412. The Bertz CT molecular complexity index is 1830. The van der Waals surface area contributed by atoms with Crippen LogP contribution in [0.1, 0.15) is 87.7 Å². The molecule has 0 aliphatic carbocycles. The number of benzene rings is 5. The van der Waals surface area contributed by atoms with Crippen LogP contribution in [0.5, 0.6) is 17.2 Å². The molecule has 5 aromatic rings. The molecule has 0 spiro atoms. The van der Waals surface area contributed by atoms with Gasteiger partial charge in [-0.05, 0) is 110 Å². The summed E-state index contributed by atoms with van der Waals surface area (Å²) in [4.78, 5) is 36.8. The number of rotatable bonds is 8. The van der Waals surface area contributed by atoms with Crippen LogP contribution in [-0.2, 0) is 9.59 Å². The van der Waals surface area contributed by atoms with E-state index in [9.17, 15) is 14.4 Å². The van der Waals surface area contributed by atoms with Gasteiger partial charge in [0.05, 0.1) is 5.56 Å². The molecule has 1 unspecified atom stereocenters. The van der Waals surface area contributed by atoms with Crippen LogP contribution in [-0.4, -0.2) is 17.9 Å². The largest absolute Gasteiger partial charge is 0.427 e. The topological polar surface area (TPSA) is 78.9 Å². The molecule has 1 atom stereocenters. The van der Waals surface area contributed by atoms with E-state index in [4.69, 9.17) is 14.2 Å². The second-order valence-corrected chi connectivity index (χ2v) is 11.4. The van der Waals surface area contributed by atoms with Crippen molar-refractivity contribution in [1.82, 2.24) is 0 Å². The summed E-state index contributed by atoms with van der Waals surface area (Å²) in [5.74, 6) is 0.631. The first-order valence-corrected chi connectivity index (χ1v) is 14.7. The Balaban J connectivity index is 1.63. The molecular formula is C37H36O6. The van der Waals surface area contributed by atoms with E-state index in [0.29, 0.717) is 28.7 Å². The number of carbonyl (C=O) groups is 3. The number of esters is 3. The minimum absolute atomic E-state index is 0.273. The van der Waals surface area contributed by atoms with E-state index in [1.807, 2.05) is 48.5 Å². The fourth-order valence-corrected chi connectivity index (χ4v) is 5.64.